The summed E-state index contributed by atoms with van der Waals surface area (Å²) in [6.07, 6.45) is 3.16. The number of benzene rings is 1. The Morgan fingerprint density at radius 3 is 2.63 bits per heavy atom. The molecule has 19 heavy (non-hydrogen) atoms. The molecule has 0 aliphatic carbocycles. The van der Waals surface area contributed by atoms with Crippen LogP contribution in [0.4, 0.5) is 4.79 Å². The second kappa shape index (κ2) is 6.79. The highest BCUT2D eigenvalue weighted by atomic mass is 16.2. The minimum atomic E-state index is -0.111. The molecule has 2 amide bonds. The Bertz CT molecular complexity index is 444. The average molecular weight is 257 g/mol. The average Bonchev–Trinajstić information content (AvgIpc) is 2.46. The number of hydrogen-bond donors (Lipinski definition) is 1. The van der Waals surface area contributed by atoms with Crippen LogP contribution >= 0.6 is 0 Å². The number of carbonyl (C=O) groups is 1. The highest BCUT2D eigenvalue weighted by molar-refractivity contribution is 5.74. The SMILES string of the molecule is N#CCNC(=O)N1CCC(Cc2ccccc2)CC1. The fourth-order valence-corrected chi connectivity index (χ4v) is 2.51. The van der Waals surface area contributed by atoms with E-state index in [0.717, 1.165) is 32.4 Å². The number of likely N-dealkylation sites (tertiary alicyclic amines) is 1. The summed E-state index contributed by atoms with van der Waals surface area (Å²) in [4.78, 5) is 13.5. The number of piperidine rings is 1. The Kier molecular flexibility index (Phi) is 4.79. The van der Waals surface area contributed by atoms with E-state index in [1.807, 2.05) is 12.1 Å². The van der Waals surface area contributed by atoms with Crippen molar-refractivity contribution < 1.29 is 4.79 Å². The standard InChI is InChI=1S/C15H19N3O/c16-8-9-17-15(19)18-10-6-14(7-11-18)12-13-4-2-1-3-5-13/h1-5,14H,6-7,9-12H2,(H,17,19). The molecule has 4 nitrogen and oxygen atoms in total. The first-order chi connectivity index (χ1) is 9.29. The summed E-state index contributed by atoms with van der Waals surface area (Å²) in [5.74, 6) is 0.655. The van der Waals surface area contributed by atoms with E-state index in [2.05, 4.69) is 29.6 Å². The number of nitrogens with zero attached hydrogens (tertiary/aromatic N) is 2. The van der Waals surface area contributed by atoms with E-state index in [0.29, 0.717) is 5.92 Å². The number of nitrogens with one attached hydrogen (secondary N) is 1. The quantitative estimate of drug-likeness (QED) is 0.844. The third-order valence-corrected chi connectivity index (χ3v) is 3.59. The van der Waals surface area contributed by atoms with Gasteiger partial charge >= 0.3 is 6.03 Å². The van der Waals surface area contributed by atoms with Gasteiger partial charge < -0.3 is 10.2 Å². The third-order valence-electron chi connectivity index (χ3n) is 3.59. The van der Waals surface area contributed by atoms with Crippen LogP contribution in [0.2, 0.25) is 0 Å². The number of urea groups is 1. The van der Waals surface area contributed by atoms with Crippen molar-refractivity contribution in [2.24, 2.45) is 5.92 Å². The molecule has 1 heterocycles. The summed E-state index contributed by atoms with van der Waals surface area (Å²) in [6, 6.07) is 12.3. The first-order valence-corrected chi connectivity index (χ1v) is 6.73. The van der Waals surface area contributed by atoms with Crippen LogP contribution in [0.1, 0.15) is 18.4 Å². The van der Waals surface area contributed by atoms with Gasteiger partial charge in [-0.1, -0.05) is 30.3 Å². The molecule has 1 aromatic carbocycles. The molecule has 2 rings (SSSR count). The molecular formula is C15H19N3O. The summed E-state index contributed by atoms with van der Waals surface area (Å²) in [6.45, 7) is 1.66. The van der Waals surface area contributed by atoms with Crippen molar-refractivity contribution in [2.75, 3.05) is 19.6 Å². The Labute approximate surface area is 114 Å². The van der Waals surface area contributed by atoms with Crippen LogP contribution in [0.25, 0.3) is 0 Å². The van der Waals surface area contributed by atoms with Crippen molar-refractivity contribution in [3.8, 4) is 6.07 Å². The molecule has 0 saturated carbocycles. The third kappa shape index (κ3) is 3.99. The van der Waals surface area contributed by atoms with Crippen molar-refractivity contribution >= 4 is 6.03 Å². The molecule has 1 aromatic rings. The normalized spacial score (nSPS) is 15.8. The molecule has 0 bridgehead atoms. The van der Waals surface area contributed by atoms with Gasteiger partial charge in [-0.25, -0.2) is 4.79 Å². The minimum absolute atomic E-state index is 0.0861. The van der Waals surface area contributed by atoms with Crippen molar-refractivity contribution in [1.82, 2.24) is 10.2 Å². The molecule has 1 fully saturated rings. The maximum Gasteiger partial charge on any atom is 0.318 e. The summed E-state index contributed by atoms with van der Waals surface area (Å²) < 4.78 is 0. The summed E-state index contributed by atoms with van der Waals surface area (Å²) in [5, 5.41) is 11.0. The fourth-order valence-electron chi connectivity index (χ4n) is 2.51. The lowest BCUT2D eigenvalue weighted by molar-refractivity contribution is 0.171. The van der Waals surface area contributed by atoms with E-state index in [1.165, 1.54) is 5.56 Å². The molecule has 0 unspecified atom stereocenters. The van der Waals surface area contributed by atoms with Gasteiger partial charge in [0.1, 0.15) is 6.54 Å². The monoisotopic (exact) mass is 257 g/mol. The van der Waals surface area contributed by atoms with E-state index in [1.54, 1.807) is 4.90 Å². The topological polar surface area (TPSA) is 56.1 Å². The van der Waals surface area contributed by atoms with Gasteiger partial charge in [-0.05, 0) is 30.7 Å². The van der Waals surface area contributed by atoms with E-state index >= 15 is 0 Å². The second-order valence-corrected chi connectivity index (χ2v) is 4.94. The second-order valence-electron chi connectivity index (χ2n) is 4.94. The predicted molar refractivity (Wildman–Crippen MR) is 73.5 cm³/mol. The van der Waals surface area contributed by atoms with Gasteiger partial charge in [0, 0.05) is 13.1 Å². The number of amides is 2. The fraction of sp³-hybridized carbons (Fsp3) is 0.467. The van der Waals surface area contributed by atoms with Crippen LogP contribution in [-0.2, 0) is 6.42 Å². The molecule has 100 valence electrons. The molecule has 1 N–H and O–H groups in total. The molecule has 1 aliphatic rings. The van der Waals surface area contributed by atoms with Crippen molar-refractivity contribution in [3.63, 3.8) is 0 Å². The van der Waals surface area contributed by atoms with E-state index in [4.69, 9.17) is 5.26 Å². The van der Waals surface area contributed by atoms with Crippen LogP contribution in [0.5, 0.6) is 0 Å². The van der Waals surface area contributed by atoms with Crippen LogP contribution in [0.15, 0.2) is 30.3 Å². The molecule has 0 spiro atoms. The van der Waals surface area contributed by atoms with Crippen LogP contribution in [0.3, 0.4) is 0 Å². The van der Waals surface area contributed by atoms with Crippen molar-refractivity contribution in [2.45, 2.75) is 19.3 Å². The first kappa shape index (κ1) is 13.4. The molecule has 0 aromatic heterocycles. The lowest BCUT2D eigenvalue weighted by atomic mass is 9.90. The van der Waals surface area contributed by atoms with Gasteiger partial charge in [-0.15, -0.1) is 0 Å². The smallest absolute Gasteiger partial charge is 0.318 e. The lowest BCUT2D eigenvalue weighted by Gasteiger charge is -2.31. The molecule has 1 aliphatic heterocycles. The highest BCUT2D eigenvalue weighted by Gasteiger charge is 2.22. The van der Waals surface area contributed by atoms with Crippen molar-refractivity contribution in [3.05, 3.63) is 35.9 Å². The molecule has 4 heteroatoms. The molecular weight excluding hydrogens is 238 g/mol. The zero-order valence-corrected chi connectivity index (χ0v) is 11.0. The van der Waals surface area contributed by atoms with Gasteiger partial charge in [0.05, 0.1) is 6.07 Å². The van der Waals surface area contributed by atoms with Gasteiger partial charge in [0.2, 0.25) is 0 Å². The zero-order chi connectivity index (χ0) is 13.5. The van der Waals surface area contributed by atoms with Gasteiger partial charge in [-0.2, -0.15) is 5.26 Å². The minimum Gasteiger partial charge on any atom is -0.325 e. The van der Waals surface area contributed by atoms with E-state index in [9.17, 15) is 4.79 Å². The van der Waals surface area contributed by atoms with Crippen LogP contribution in [0, 0.1) is 17.2 Å². The van der Waals surface area contributed by atoms with Gasteiger partial charge in [0.15, 0.2) is 0 Å². The molecule has 0 radical (unpaired) electrons. The first-order valence-electron chi connectivity index (χ1n) is 6.73. The zero-order valence-electron chi connectivity index (χ0n) is 11.0. The number of hydrogen-bond acceptors (Lipinski definition) is 2. The maximum absolute atomic E-state index is 11.7. The maximum atomic E-state index is 11.7. The predicted octanol–water partition coefficient (Wildman–Crippen LogP) is 2.17. The molecule has 0 atom stereocenters. The Balaban J connectivity index is 1.76. The van der Waals surface area contributed by atoms with Crippen LogP contribution < -0.4 is 5.32 Å². The number of nitriles is 1. The highest BCUT2D eigenvalue weighted by Crippen LogP contribution is 2.21. The van der Waals surface area contributed by atoms with Crippen molar-refractivity contribution in [1.29, 1.82) is 5.26 Å². The Morgan fingerprint density at radius 2 is 2.00 bits per heavy atom. The molecule has 1 saturated heterocycles. The number of rotatable bonds is 3. The number of carbonyl (C=O) groups excluding carboxylic acids is 1. The summed E-state index contributed by atoms with van der Waals surface area (Å²) >= 11 is 0. The largest absolute Gasteiger partial charge is 0.325 e. The lowest BCUT2D eigenvalue weighted by Crippen LogP contribution is -2.44. The van der Waals surface area contributed by atoms with Gasteiger partial charge in [-0.3, -0.25) is 0 Å². The Hall–Kier alpha value is -2.02. The van der Waals surface area contributed by atoms with E-state index < -0.39 is 0 Å². The Morgan fingerprint density at radius 1 is 1.32 bits per heavy atom. The summed E-state index contributed by atoms with van der Waals surface area (Å²) in [7, 11) is 0. The van der Waals surface area contributed by atoms with Gasteiger partial charge in [0.25, 0.3) is 0 Å². The van der Waals surface area contributed by atoms with Crippen LogP contribution in [-0.4, -0.2) is 30.6 Å². The van der Waals surface area contributed by atoms with E-state index in [-0.39, 0.29) is 12.6 Å². The summed E-state index contributed by atoms with van der Waals surface area (Å²) in [5.41, 5.74) is 1.37.